The van der Waals surface area contributed by atoms with E-state index in [1.165, 1.54) is 0 Å². The fourth-order valence-electron chi connectivity index (χ4n) is 2.89. The number of nitrogens with two attached hydrogens (primary N) is 1. The van der Waals surface area contributed by atoms with Crippen molar-refractivity contribution in [1.82, 2.24) is 4.72 Å². The van der Waals surface area contributed by atoms with Crippen LogP contribution in [0.3, 0.4) is 0 Å². The summed E-state index contributed by atoms with van der Waals surface area (Å²) in [6, 6.07) is 7.12. The van der Waals surface area contributed by atoms with E-state index in [4.69, 9.17) is 18.0 Å². The van der Waals surface area contributed by atoms with Crippen molar-refractivity contribution in [2.24, 2.45) is 11.1 Å². The number of sulfonamides is 1. The van der Waals surface area contributed by atoms with Gasteiger partial charge in [-0.15, -0.1) is 0 Å². The van der Waals surface area contributed by atoms with Gasteiger partial charge in [0.05, 0.1) is 5.75 Å². The molecule has 0 radical (unpaired) electrons. The van der Waals surface area contributed by atoms with Gasteiger partial charge in [0.15, 0.2) is 0 Å². The van der Waals surface area contributed by atoms with Gasteiger partial charge in [-0.1, -0.05) is 56.8 Å². The Morgan fingerprint density at radius 2 is 2.10 bits per heavy atom. The summed E-state index contributed by atoms with van der Waals surface area (Å²) in [6.07, 6.45) is 3.00. The highest BCUT2D eigenvalue weighted by Crippen LogP contribution is 2.37. The van der Waals surface area contributed by atoms with Crippen LogP contribution >= 0.6 is 12.2 Å². The smallest absolute Gasteiger partial charge is 0.216 e. The van der Waals surface area contributed by atoms with E-state index >= 15 is 0 Å². The minimum absolute atomic E-state index is 0.000472. The summed E-state index contributed by atoms with van der Waals surface area (Å²) >= 11 is 4.98. The fourth-order valence-corrected chi connectivity index (χ4v) is 4.71. The van der Waals surface area contributed by atoms with Gasteiger partial charge in [-0.05, 0) is 23.8 Å². The normalized spacial score (nSPS) is 21.3. The van der Waals surface area contributed by atoms with Crippen LogP contribution in [0.4, 0.5) is 0 Å². The van der Waals surface area contributed by atoms with E-state index < -0.39 is 10.0 Å². The predicted octanol–water partition coefficient (Wildman–Crippen LogP) is 2.32. The van der Waals surface area contributed by atoms with Crippen molar-refractivity contribution in [2.75, 3.05) is 0 Å². The molecular formula is C15H22N2O2S2. The van der Waals surface area contributed by atoms with Crippen LogP contribution in [0.5, 0.6) is 0 Å². The molecule has 1 aromatic rings. The van der Waals surface area contributed by atoms with E-state index in [-0.39, 0.29) is 22.2 Å². The molecule has 0 bridgehead atoms. The Morgan fingerprint density at radius 3 is 2.67 bits per heavy atom. The molecule has 1 unspecified atom stereocenters. The van der Waals surface area contributed by atoms with Gasteiger partial charge < -0.3 is 5.73 Å². The third kappa shape index (κ3) is 4.02. The van der Waals surface area contributed by atoms with Gasteiger partial charge in [0.1, 0.15) is 4.99 Å². The maximum Gasteiger partial charge on any atom is 0.216 e. The van der Waals surface area contributed by atoms with Crippen molar-refractivity contribution in [3.8, 4) is 0 Å². The summed E-state index contributed by atoms with van der Waals surface area (Å²) in [4.78, 5) is 0.224. The summed E-state index contributed by atoms with van der Waals surface area (Å²) in [5.41, 5.74) is 6.94. The average molecular weight is 326 g/mol. The molecule has 0 aliphatic heterocycles. The second-order valence-corrected chi connectivity index (χ2v) is 8.53. The lowest BCUT2D eigenvalue weighted by Crippen LogP contribution is -2.42. The first-order chi connectivity index (χ1) is 9.71. The first-order valence-corrected chi connectivity index (χ1v) is 9.15. The third-order valence-electron chi connectivity index (χ3n) is 4.21. The molecule has 21 heavy (non-hydrogen) atoms. The zero-order chi connectivity index (χ0) is 15.7. The van der Waals surface area contributed by atoms with Crippen LogP contribution in [0.2, 0.25) is 0 Å². The molecule has 116 valence electrons. The molecule has 1 saturated carbocycles. The summed E-state index contributed by atoms with van der Waals surface area (Å²) < 4.78 is 27.7. The minimum Gasteiger partial charge on any atom is -0.389 e. The van der Waals surface area contributed by atoms with E-state index in [0.29, 0.717) is 11.1 Å². The molecule has 6 heteroatoms. The number of hydrogen-bond donors (Lipinski definition) is 2. The molecular weight excluding hydrogens is 304 g/mol. The van der Waals surface area contributed by atoms with Crippen LogP contribution in [0, 0.1) is 5.41 Å². The fraction of sp³-hybridized carbons (Fsp3) is 0.533. The molecule has 3 N–H and O–H groups in total. The van der Waals surface area contributed by atoms with E-state index in [9.17, 15) is 8.42 Å². The van der Waals surface area contributed by atoms with Crippen molar-refractivity contribution < 1.29 is 8.42 Å². The van der Waals surface area contributed by atoms with Crippen molar-refractivity contribution in [3.05, 3.63) is 35.4 Å². The molecule has 1 atom stereocenters. The molecule has 1 aromatic carbocycles. The highest BCUT2D eigenvalue weighted by Gasteiger charge is 2.36. The van der Waals surface area contributed by atoms with Crippen LogP contribution in [0.15, 0.2) is 24.3 Å². The quantitative estimate of drug-likeness (QED) is 0.815. The summed E-state index contributed by atoms with van der Waals surface area (Å²) in [5.74, 6) is -0.0902. The first kappa shape index (κ1) is 16.4. The Labute approximate surface area is 132 Å². The Morgan fingerprint density at radius 1 is 1.43 bits per heavy atom. The molecule has 2 rings (SSSR count). The van der Waals surface area contributed by atoms with Crippen molar-refractivity contribution in [1.29, 1.82) is 0 Å². The van der Waals surface area contributed by atoms with Gasteiger partial charge in [-0.3, -0.25) is 0 Å². The molecule has 1 aliphatic rings. The van der Waals surface area contributed by atoms with E-state index in [1.54, 1.807) is 24.3 Å². The Balaban J connectivity index is 2.17. The van der Waals surface area contributed by atoms with E-state index in [1.807, 2.05) is 0 Å². The molecule has 0 aromatic heterocycles. The van der Waals surface area contributed by atoms with E-state index in [2.05, 4.69) is 18.6 Å². The van der Waals surface area contributed by atoms with Gasteiger partial charge in [-0.2, -0.15) is 0 Å². The highest BCUT2D eigenvalue weighted by molar-refractivity contribution is 7.88. The predicted molar refractivity (Wildman–Crippen MR) is 89.5 cm³/mol. The van der Waals surface area contributed by atoms with Crippen LogP contribution in [0.25, 0.3) is 0 Å². The molecule has 0 spiro atoms. The standard InChI is InChI=1S/C15H22N2O2S2/c1-15(2)9-5-8-13(15)17-21(18,19)10-11-6-3-4-7-12(11)14(16)20/h3-4,6-7,13,17H,5,8-10H2,1-2H3,(H2,16,20). The third-order valence-corrected chi connectivity index (χ3v) is 5.76. The number of rotatable bonds is 5. The lowest BCUT2D eigenvalue weighted by atomic mass is 9.88. The average Bonchev–Trinajstić information content (AvgIpc) is 2.68. The second kappa shape index (κ2) is 6.02. The van der Waals surface area contributed by atoms with Crippen molar-refractivity contribution in [2.45, 2.75) is 44.9 Å². The van der Waals surface area contributed by atoms with E-state index in [0.717, 1.165) is 19.3 Å². The maximum atomic E-state index is 12.4. The van der Waals surface area contributed by atoms with Gasteiger partial charge in [0.2, 0.25) is 10.0 Å². The molecule has 0 amide bonds. The van der Waals surface area contributed by atoms with Crippen LogP contribution in [-0.2, 0) is 15.8 Å². The Bertz CT molecular complexity index is 639. The molecule has 0 saturated heterocycles. The zero-order valence-corrected chi connectivity index (χ0v) is 14.1. The molecule has 0 heterocycles. The number of thiocarbonyl (C=S) groups is 1. The summed E-state index contributed by atoms with van der Waals surface area (Å²) in [6.45, 7) is 4.21. The van der Waals surface area contributed by atoms with Gasteiger partial charge in [0, 0.05) is 11.6 Å². The largest absolute Gasteiger partial charge is 0.389 e. The van der Waals surface area contributed by atoms with Crippen molar-refractivity contribution in [3.63, 3.8) is 0 Å². The first-order valence-electron chi connectivity index (χ1n) is 7.09. The second-order valence-electron chi connectivity index (χ2n) is 6.33. The minimum atomic E-state index is -3.41. The monoisotopic (exact) mass is 326 g/mol. The Kier molecular flexibility index (Phi) is 4.70. The lowest BCUT2D eigenvalue weighted by Gasteiger charge is -2.27. The highest BCUT2D eigenvalue weighted by atomic mass is 32.2. The van der Waals surface area contributed by atoms with Crippen LogP contribution in [-0.4, -0.2) is 19.4 Å². The number of benzene rings is 1. The SMILES string of the molecule is CC1(C)CCCC1NS(=O)(=O)Cc1ccccc1C(N)=S. The number of nitrogens with one attached hydrogen (secondary N) is 1. The lowest BCUT2D eigenvalue weighted by molar-refractivity contribution is 0.313. The van der Waals surface area contributed by atoms with Gasteiger partial charge in [0.25, 0.3) is 0 Å². The topological polar surface area (TPSA) is 72.2 Å². The van der Waals surface area contributed by atoms with Crippen LogP contribution in [0.1, 0.15) is 44.2 Å². The van der Waals surface area contributed by atoms with Crippen molar-refractivity contribution >= 4 is 27.2 Å². The summed E-state index contributed by atoms with van der Waals surface area (Å²) in [5, 5.41) is 0. The number of hydrogen-bond acceptors (Lipinski definition) is 3. The molecule has 1 fully saturated rings. The zero-order valence-electron chi connectivity index (χ0n) is 12.4. The molecule has 1 aliphatic carbocycles. The maximum absolute atomic E-state index is 12.4. The van der Waals surface area contributed by atoms with Gasteiger partial charge >= 0.3 is 0 Å². The van der Waals surface area contributed by atoms with Gasteiger partial charge in [-0.25, -0.2) is 13.1 Å². The summed E-state index contributed by atoms with van der Waals surface area (Å²) in [7, 11) is -3.41. The Hall–Kier alpha value is -0.980. The van der Waals surface area contributed by atoms with Crippen LogP contribution < -0.4 is 10.5 Å². The molecule has 4 nitrogen and oxygen atoms in total.